The summed E-state index contributed by atoms with van der Waals surface area (Å²) in [7, 11) is 0. The summed E-state index contributed by atoms with van der Waals surface area (Å²) in [6.07, 6.45) is 6.51. The maximum absolute atomic E-state index is 13.1. The van der Waals surface area contributed by atoms with Crippen molar-refractivity contribution in [1.29, 1.82) is 0 Å². The zero-order valence-corrected chi connectivity index (χ0v) is 18.6. The van der Waals surface area contributed by atoms with E-state index < -0.39 is 0 Å². The molecule has 4 nitrogen and oxygen atoms in total. The Morgan fingerprint density at radius 3 is 1.43 bits per heavy atom. The zero-order valence-electron chi connectivity index (χ0n) is 18.6. The van der Waals surface area contributed by atoms with E-state index in [0.717, 1.165) is 25.7 Å². The molecule has 6 atom stereocenters. The molecule has 4 saturated carbocycles. The monoisotopic (exact) mass is 410 g/mol. The molecule has 1 aromatic rings. The third-order valence-electron chi connectivity index (χ3n) is 9.48. The minimum absolute atomic E-state index is 0.0401. The number of fused-ring (bicyclic) bond motifs is 4. The molecule has 4 aliphatic carbocycles. The van der Waals surface area contributed by atoms with Crippen LogP contribution in [-0.4, -0.2) is 24.1 Å². The second-order valence-electron chi connectivity index (χ2n) is 11.3. The molecule has 5 rings (SSSR count). The van der Waals surface area contributed by atoms with Gasteiger partial charge in [0.05, 0.1) is 11.1 Å². The Balaban J connectivity index is 1.30. The average Bonchev–Trinajstić information content (AvgIpc) is 3.33. The first-order valence-electron chi connectivity index (χ1n) is 11.7. The number of carbonyl (C=O) groups is 2. The Kier molecular flexibility index (Phi) is 4.57. The van der Waals surface area contributed by atoms with Gasteiger partial charge in [-0.1, -0.05) is 39.8 Å². The molecule has 4 bridgehead atoms. The van der Waals surface area contributed by atoms with Gasteiger partial charge in [0, 0.05) is 11.8 Å². The van der Waals surface area contributed by atoms with E-state index in [9.17, 15) is 9.59 Å². The van der Waals surface area contributed by atoms with Gasteiger partial charge in [0.15, 0.2) is 0 Å². The summed E-state index contributed by atoms with van der Waals surface area (Å²) < 4.78 is 11.9. The van der Waals surface area contributed by atoms with Crippen LogP contribution < -0.4 is 0 Å². The lowest BCUT2D eigenvalue weighted by Crippen LogP contribution is -2.29. The van der Waals surface area contributed by atoms with Gasteiger partial charge in [-0.25, -0.2) is 9.59 Å². The number of benzene rings is 1. The summed E-state index contributed by atoms with van der Waals surface area (Å²) in [4.78, 5) is 26.1. The normalized spacial score (nSPS) is 37.3. The van der Waals surface area contributed by atoms with Crippen molar-refractivity contribution in [3.05, 3.63) is 35.4 Å². The van der Waals surface area contributed by atoms with Crippen LogP contribution in [-0.2, 0) is 9.47 Å². The maximum Gasteiger partial charge on any atom is 0.339 e. The van der Waals surface area contributed by atoms with Gasteiger partial charge < -0.3 is 9.47 Å². The summed E-state index contributed by atoms with van der Waals surface area (Å²) in [5.74, 6) is 1.32. The van der Waals surface area contributed by atoms with Gasteiger partial charge in [0.25, 0.3) is 0 Å². The van der Waals surface area contributed by atoms with Gasteiger partial charge in [-0.3, -0.25) is 0 Å². The molecule has 0 amide bonds. The third kappa shape index (κ3) is 2.93. The molecule has 4 aliphatic rings. The van der Waals surface area contributed by atoms with Gasteiger partial charge in [-0.05, 0) is 73.3 Å². The minimum Gasteiger partial charge on any atom is -0.458 e. The minimum atomic E-state index is -0.385. The molecule has 0 aromatic heterocycles. The van der Waals surface area contributed by atoms with Crippen LogP contribution in [0.15, 0.2) is 24.3 Å². The van der Waals surface area contributed by atoms with Crippen LogP contribution in [0, 0.1) is 34.5 Å². The Hall–Kier alpha value is -1.84. The zero-order chi connectivity index (χ0) is 21.3. The first kappa shape index (κ1) is 20.1. The molecular weight excluding hydrogens is 376 g/mol. The van der Waals surface area contributed by atoms with Gasteiger partial charge >= 0.3 is 11.9 Å². The van der Waals surface area contributed by atoms with Crippen molar-refractivity contribution in [2.75, 3.05) is 0 Å². The van der Waals surface area contributed by atoms with Gasteiger partial charge in [-0.2, -0.15) is 0 Å². The second-order valence-corrected chi connectivity index (χ2v) is 11.3. The molecule has 1 unspecified atom stereocenters. The van der Waals surface area contributed by atoms with E-state index in [-0.39, 0.29) is 35.0 Å². The quantitative estimate of drug-likeness (QED) is 0.602. The van der Waals surface area contributed by atoms with E-state index in [1.54, 1.807) is 24.3 Å². The summed E-state index contributed by atoms with van der Waals surface area (Å²) in [6.45, 7) is 9.19. The van der Waals surface area contributed by atoms with Crippen LogP contribution in [0.1, 0.15) is 86.9 Å². The number of esters is 2. The summed E-state index contributed by atoms with van der Waals surface area (Å²) in [5.41, 5.74) is 1.15. The summed E-state index contributed by atoms with van der Waals surface area (Å²) >= 11 is 0. The van der Waals surface area contributed by atoms with Crippen molar-refractivity contribution in [1.82, 2.24) is 0 Å². The van der Waals surface area contributed by atoms with E-state index >= 15 is 0 Å². The molecule has 0 heterocycles. The lowest BCUT2D eigenvalue weighted by atomic mass is 9.82. The molecule has 0 spiro atoms. The van der Waals surface area contributed by atoms with Crippen molar-refractivity contribution in [2.45, 2.75) is 78.4 Å². The molecule has 30 heavy (non-hydrogen) atoms. The van der Waals surface area contributed by atoms with Crippen molar-refractivity contribution in [2.24, 2.45) is 34.5 Å². The fourth-order valence-corrected chi connectivity index (χ4v) is 7.42. The SMILES string of the molecule is CC1(C)[C@H]2CC[C@@H]1C(OC(=O)c1ccccc1C(=O)O[C@@H]1C[C@@H]3CC[C@H]1C3(C)C)C2. The van der Waals surface area contributed by atoms with Crippen LogP contribution >= 0.6 is 0 Å². The first-order valence-corrected chi connectivity index (χ1v) is 11.7. The number of ether oxygens (including phenoxy) is 2. The summed E-state index contributed by atoms with van der Waals surface area (Å²) in [5, 5.41) is 0. The predicted octanol–water partition coefficient (Wildman–Crippen LogP) is 5.65. The molecule has 4 heteroatoms. The Morgan fingerprint density at radius 1 is 0.733 bits per heavy atom. The molecule has 0 radical (unpaired) electrons. The highest BCUT2D eigenvalue weighted by atomic mass is 16.6. The number of hydrogen-bond acceptors (Lipinski definition) is 4. The van der Waals surface area contributed by atoms with E-state index in [0.29, 0.717) is 34.8 Å². The van der Waals surface area contributed by atoms with Gasteiger partial charge in [0.2, 0.25) is 0 Å². The topological polar surface area (TPSA) is 52.6 Å². The lowest BCUT2D eigenvalue weighted by Gasteiger charge is -2.27. The summed E-state index contributed by atoms with van der Waals surface area (Å²) in [6, 6.07) is 6.97. The molecule has 162 valence electrons. The highest BCUT2D eigenvalue weighted by Gasteiger charge is 2.56. The smallest absolute Gasteiger partial charge is 0.339 e. The Morgan fingerprint density at radius 2 is 1.13 bits per heavy atom. The Bertz CT molecular complexity index is 799. The van der Waals surface area contributed by atoms with E-state index in [1.807, 2.05) is 0 Å². The molecule has 0 aliphatic heterocycles. The van der Waals surface area contributed by atoms with Gasteiger partial charge in [-0.15, -0.1) is 0 Å². The van der Waals surface area contributed by atoms with Crippen LogP contribution in [0.5, 0.6) is 0 Å². The standard InChI is InChI=1S/C26H34O4/c1-25(2)15-9-11-19(25)21(13-15)29-23(27)17-7-5-6-8-18(17)24(28)30-22-14-16-10-12-20(22)26(16,3)4/h5-8,15-16,19-22H,9-14H2,1-4H3/t15-,16-,19+,20+,21+,22?/m0/s1. The largest absolute Gasteiger partial charge is 0.458 e. The fraction of sp³-hybridized carbons (Fsp3) is 0.692. The van der Waals surface area contributed by atoms with E-state index in [4.69, 9.17) is 9.47 Å². The first-order chi connectivity index (χ1) is 14.2. The van der Waals surface area contributed by atoms with Gasteiger partial charge in [0.1, 0.15) is 12.2 Å². The van der Waals surface area contributed by atoms with Crippen LogP contribution in [0.4, 0.5) is 0 Å². The van der Waals surface area contributed by atoms with E-state index in [1.165, 1.54) is 12.8 Å². The van der Waals surface area contributed by atoms with Crippen LogP contribution in [0.25, 0.3) is 0 Å². The van der Waals surface area contributed by atoms with Crippen molar-refractivity contribution >= 4 is 11.9 Å². The maximum atomic E-state index is 13.1. The highest BCUT2D eigenvalue weighted by Crippen LogP contribution is 2.59. The predicted molar refractivity (Wildman–Crippen MR) is 114 cm³/mol. The number of hydrogen-bond donors (Lipinski definition) is 0. The van der Waals surface area contributed by atoms with Crippen molar-refractivity contribution in [3.63, 3.8) is 0 Å². The molecular formula is C26H34O4. The van der Waals surface area contributed by atoms with Crippen LogP contribution in [0.3, 0.4) is 0 Å². The fourth-order valence-electron chi connectivity index (χ4n) is 7.42. The number of carbonyl (C=O) groups excluding carboxylic acids is 2. The molecule has 4 fully saturated rings. The number of rotatable bonds is 4. The lowest BCUT2D eigenvalue weighted by molar-refractivity contribution is 0.00658. The van der Waals surface area contributed by atoms with E-state index in [2.05, 4.69) is 27.7 Å². The Labute approximate surface area is 179 Å². The van der Waals surface area contributed by atoms with Crippen molar-refractivity contribution in [3.8, 4) is 0 Å². The van der Waals surface area contributed by atoms with Crippen LogP contribution in [0.2, 0.25) is 0 Å². The molecule has 0 N–H and O–H groups in total. The molecule has 1 aromatic carbocycles. The third-order valence-corrected chi connectivity index (χ3v) is 9.48. The highest BCUT2D eigenvalue weighted by molar-refractivity contribution is 6.03. The molecule has 0 saturated heterocycles. The second kappa shape index (κ2) is 6.83. The van der Waals surface area contributed by atoms with Crippen molar-refractivity contribution < 1.29 is 19.1 Å². The average molecular weight is 411 g/mol.